The summed E-state index contributed by atoms with van der Waals surface area (Å²) in [6.07, 6.45) is -12.0. The summed E-state index contributed by atoms with van der Waals surface area (Å²) in [6, 6.07) is 17.0. The van der Waals surface area contributed by atoms with Crippen molar-refractivity contribution in [2.24, 2.45) is 0 Å². The van der Waals surface area contributed by atoms with Gasteiger partial charge in [0, 0.05) is 0 Å². The molecule has 0 bridgehead atoms. The maximum Gasteiger partial charge on any atom is 0.310 e. The van der Waals surface area contributed by atoms with Crippen LogP contribution in [0.3, 0.4) is 0 Å². The Kier molecular flexibility index (Phi) is 9.63. The van der Waals surface area contributed by atoms with Crippen molar-refractivity contribution < 1.29 is 59.2 Å². The standard InChI is InChI=1S/C30H30O12/c31-19-7-1-16(2-8-19)13-22(34)40-28-25(37)26(38)29(41-23(35)14-17-3-9-20(32)10-4-17)30(27(28)39)42-24(36)15-18-5-11-21(33)12-6-18/h1-12,25-33,37-39H,13-15H2/t25-,26-,27+,28+,29+,30-/m0/s1. The molecule has 0 radical (unpaired) electrons. The average Bonchev–Trinajstić information content (AvgIpc) is 2.95. The van der Waals surface area contributed by atoms with Crippen LogP contribution >= 0.6 is 0 Å². The molecule has 0 aliphatic heterocycles. The van der Waals surface area contributed by atoms with Gasteiger partial charge in [-0.3, -0.25) is 14.4 Å². The molecule has 0 saturated heterocycles. The highest BCUT2D eigenvalue weighted by molar-refractivity contribution is 5.75. The molecule has 0 spiro atoms. The number of esters is 3. The van der Waals surface area contributed by atoms with E-state index in [4.69, 9.17) is 14.2 Å². The quantitative estimate of drug-likeness (QED) is 0.152. The highest BCUT2D eigenvalue weighted by Gasteiger charge is 2.55. The van der Waals surface area contributed by atoms with Gasteiger partial charge in [-0.25, -0.2) is 0 Å². The number of benzene rings is 3. The third-order valence-electron chi connectivity index (χ3n) is 6.68. The lowest BCUT2D eigenvalue weighted by Crippen LogP contribution is -2.66. The molecule has 6 N–H and O–H groups in total. The molecule has 1 aliphatic carbocycles. The molecule has 1 aliphatic rings. The summed E-state index contributed by atoms with van der Waals surface area (Å²) in [4.78, 5) is 38.2. The fourth-order valence-corrected chi connectivity index (χ4v) is 4.50. The Balaban J connectivity index is 1.52. The second kappa shape index (κ2) is 13.3. The Labute approximate surface area is 240 Å². The van der Waals surface area contributed by atoms with Gasteiger partial charge in [-0.2, -0.15) is 0 Å². The Hall–Kier alpha value is -4.65. The first-order valence-electron chi connectivity index (χ1n) is 13.0. The summed E-state index contributed by atoms with van der Waals surface area (Å²) in [6.45, 7) is 0. The topological polar surface area (TPSA) is 200 Å². The molecule has 1 saturated carbocycles. The number of carbonyl (C=O) groups is 3. The zero-order chi connectivity index (χ0) is 30.4. The van der Waals surface area contributed by atoms with Gasteiger partial charge in [0.2, 0.25) is 0 Å². The zero-order valence-corrected chi connectivity index (χ0v) is 22.1. The summed E-state index contributed by atoms with van der Waals surface area (Å²) >= 11 is 0. The lowest BCUT2D eigenvalue weighted by Gasteiger charge is -2.44. The number of rotatable bonds is 9. The third kappa shape index (κ3) is 7.75. The van der Waals surface area contributed by atoms with Crippen LogP contribution in [-0.2, 0) is 47.9 Å². The number of phenolic OH excluding ortho intramolecular Hbond substituents is 3. The van der Waals surface area contributed by atoms with Crippen LogP contribution in [0.2, 0.25) is 0 Å². The van der Waals surface area contributed by atoms with E-state index in [0.717, 1.165) is 0 Å². The normalized spacial score (nSPS) is 23.5. The first-order valence-corrected chi connectivity index (χ1v) is 13.0. The summed E-state index contributed by atoms with van der Waals surface area (Å²) in [5, 5.41) is 61.1. The van der Waals surface area contributed by atoms with Gasteiger partial charge in [-0.1, -0.05) is 36.4 Å². The maximum absolute atomic E-state index is 12.8. The van der Waals surface area contributed by atoms with E-state index in [0.29, 0.717) is 16.7 Å². The minimum Gasteiger partial charge on any atom is -0.508 e. The molecule has 0 heterocycles. The summed E-state index contributed by atoms with van der Waals surface area (Å²) in [7, 11) is 0. The van der Waals surface area contributed by atoms with Crippen molar-refractivity contribution in [1.82, 2.24) is 0 Å². The second-order valence-electron chi connectivity index (χ2n) is 9.86. The van der Waals surface area contributed by atoms with Crippen LogP contribution in [0.1, 0.15) is 16.7 Å². The average molecular weight is 583 g/mol. The van der Waals surface area contributed by atoms with Crippen molar-refractivity contribution in [2.75, 3.05) is 0 Å². The Morgan fingerprint density at radius 2 is 0.714 bits per heavy atom. The van der Waals surface area contributed by atoms with E-state index in [1.807, 2.05) is 0 Å². The molecule has 0 aromatic heterocycles. The summed E-state index contributed by atoms with van der Waals surface area (Å²) < 4.78 is 16.1. The van der Waals surface area contributed by atoms with E-state index >= 15 is 0 Å². The highest BCUT2D eigenvalue weighted by atomic mass is 16.6. The van der Waals surface area contributed by atoms with Gasteiger partial charge in [0.25, 0.3) is 0 Å². The number of aliphatic hydroxyl groups is 3. The fraction of sp³-hybridized carbons (Fsp3) is 0.300. The predicted molar refractivity (Wildman–Crippen MR) is 143 cm³/mol. The summed E-state index contributed by atoms with van der Waals surface area (Å²) in [5.41, 5.74) is 1.35. The molecule has 12 heteroatoms. The van der Waals surface area contributed by atoms with Crippen molar-refractivity contribution in [3.63, 3.8) is 0 Å². The molecule has 0 unspecified atom stereocenters. The van der Waals surface area contributed by atoms with E-state index in [-0.39, 0.29) is 36.5 Å². The molecule has 0 amide bonds. The van der Waals surface area contributed by atoms with Crippen molar-refractivity contribution in [1.29, 1.82) is 0 Å². The van der Waals surface area contributed by atoms with E-state index in [9.17, 15) is 45.0 Å². The number of aliphatic hydroxyl groups excluding tert-OH is 3. The van der Waals surface area contributed by atoms with Gasteiger partial charge in [-0.15, -0.1) is 0 Å². The van der Waals surface area contributed by atoms with Crippen LogP contribution in [0.15, 0.2) is 72.8 Å². The second-order valence-corrected chi connectivity index (χ2v) is 9.86. The van der Waals surface area contributed by atoms with Crippen LogP contribution in [0.25, 0.3) is 0 Å². The van der Waals surface area contributed by atoms with Crippen LogP contribution < -0.4 is 0 Å². The molecule has 4 rings (SSSR count). The maximum atomic E-state index is 12.8. The van der Waals surface area contributed by atoms with Gasteiger partial charge in [0.05, 0.1) is 19.3 Å². The molecule has 42 heavy (non-hydrogen) atoms. The largest absolute Gasteiger partial charge is 0.508 e. The number of ether oxygens (including phenoxy) is 3. The van der Waals surface area contributed by atoms with E-state index in [2.05, 4.69) is 0 Å². The van der Waals surface area contributed by atoms with Crippen LogP contribution in [0.4, 0.5) is 0 Å². The van der Waals surface area contributed by atoms with Gasteiger partial charge in [0.1, 0.15) is 35.6 Å². The molecular weight excluding hydrogens is 552 g/mol. The Bertz CT molecular complexity index is 1370. The third-order valence-corrected chi connectivity index (χ3v) is 6.68. The van der Waals surface area contributed by atoms with Crippen molar-refractivity contribution in [3.05, 3.63) is 89.5 Å². The van der Waals surface area contributed by atoms with Gasteiger partial charge < -0.3 is 44.8 Å². The van der Waals surface area contributed by atoms with Crippen LogP contribution in [-0.4, -0.2) is 85.2 Å². The van der Waals surface area contributed by atoms with E-state index in [1.165, 1.54) is 72.8 Å². The van der Waals surface area contributed by atoms with Crippen molar-refractivity contribution in [2.45, 2.75) is 55.9 Å². The number of carbonyl (C=O) groups excluding carboxylic acids is 3. The molecule has 12 nitrogen and oxygen atoms in total. The van der Waals surface area contributed by atoms with E-state index in [1.54, 1.807) is 0 Å². The highest BCUT2D eigenvalue weighted by Crippen LogP contribution is 2.30. The monoisotopic (exact) mass is 582 g/mol. The number of phenols is 3. The van der Waals surface area contributed by atoms with Crippen LogP contribution in [0, 0.1) is 0 Å². The molecular formula is C30H30O12. The van der Waals surface area contributed by atoms with Crippen molar-refractivity contribution >= 4 is 17.9 Å². The number of hydrogen-bond acceptors (Lipinski definition) is 12. The number of hydrogen-bond donors (Lipinski definition) is 6. The van der Waals surface area contributed by atoms with Crippen molar-refractivity contribution in [3.8, 4) is 17.2 Å². The van der Waals surface area contributed by atoms with Gasteiger partial charge in [-0.05, 0) is 53.1 Å². The minimum atomic E-state index is -1.94. The lowest BCUT2D eigenvalue weighted by molar-refractivity contribution is -0.247. The molecule has 6 atom stereocenters. The number of aromatic hydroxyl groups is 3. The first-order chi connectivity index (χ1) is 20.0. The SMILES string of the molecule is O=C(Cc1ccc(O)cc1)O[C@H]1[C@@H](O)[C@H](OC(=O)Cc2ccc(O)cc2)[C@H](OC(=O)Cc2ccc(O)cc2)[C@@H](O)[C@@H]1O. The van der Waals surface area contributed by atoms with Crippen LogP contribution in [0.5, 0.6) is 17.2 Å². The Morgan fingerprint density at radius 1 is 0.452 bits per heavy atom. The smallest absolute Gasteiger partial charge is 0.310 e. The molecule has 3 aromatic rings. The zero-order valence-electron chi connectivity index (χ0n) is 22.1. The first kappa shape index (κ1) is 30.3. The molecule has 222 valence electrons. The van der Waals surface area contributed by atoms with E-state index < -0.39 is 54.5 Å². The van der Waals surface area contributed by atoms with Gasteiger partial charge >= 0.3 is 17.9 Å². The molecule has 3 aromatic carbocycles. The van der Waals surface area contributed by atoms with Gasteiger partial charge in [0.15, 0.2) is 18.3 Å². The lowest BCUT2D eigenvalue weighted by atomic mass is 9.84. The summed E-state index contributed by atoms with van der Waals surface area (Å²) in [5.74, 6) is -2.75. The minimum absolute atomic E-state index is 0.0173. The predicted octanol–water partition coefficient (Wildman–Crippen LogP) is 0.663. The molecule has 1 fully saturated rings. The Morgan fingerprint density at radius 3 is 1.05 bits per heavy atom. The fourth-order valence-electron chi connectivity index (χ4n) is 4.50.